The summed E-state index contributed by atoms with van der Waals surface area (Å²) in [4.78, 5) is 24.4. The minimum atomic E-state index is 0.889. The number of hydrogen-bond donors (Lipinski definition) is 1. The van der Waals surface area contributed by atoms with Crippen LogP contribution in [0.2, 0.25) is 0 Å². The fourth-order valence-electron chi connectivity index (χ4n) is 7.70. The molecule has 52 heavy (non-hydrogen) atoms. The number of nitrogens with zero attached hydrogens (tertiary/aromatic N) is 5. The van der Waals surface area contributed by atoms with Crippen molar-refractivity contribution in [3.63, 3.8) is 0 Å². The number of allylic oxidation sites excluding steroid dienone is 1. The van der Waals surface area contributed by atoms with Crippen molar-refractivity contribution >= 4 is 56.0 Å². The summed E-state index contributed by atoms with van der Waals surface area (Å²) in [7, 11) is 1.88. The maximum Gasteiger partial charge on any atom is 0.0979 e. The molecule has 1 N–H and O–H groups in total. The molecule has 0 saturated heterocycles. The third kappa shape index (κ3) is 4.83. The quantitative estimate of drug-likeness (QED) is 0.189. The topological polar surface area (TPSA) is 76.0 Å². The molecule has 0 radical (unpaired) electrons. The summed E-state index contributed by atoms with van der Waals surface area (Å²) in [6, 6.07) is 41.5. The van der Waals surface area contributed by atoms with Crippen LogP contribution in [-0.2, 0) is 6.42 Å². The molecule has 2 heterocycles. The average molecular weight is 669 g/mol. The minimum absolute atomic E-state index is 0.889. The third-order valence-corrected chi connectivity index (χ3v) is 10.2. The highest BCUT2D eigenvalue weighted by Crippen LogP contribution is 2.47. The highest BCUT2D eigenvalue weighted by atomic mass is 14.9. The van der Waals surface area contributed by atoms with E-state index in [0.717, 1.165) is 80.2 Å². The van der Waals surface area contributed by atoms with Crippen molar-refractivity contribution in [1.82, 2.24) is 25.3 Å². The van der Waals surface area contributed by atoms with E-state index in [1.807, 2.05) is 67.9 Å². The summed E-state index contributed by atoms with van der Waals surface area (Å²) >= 11 is 0. The molecule has 11 rings (SSSR count). The Labute approximate surface area is 301 Å². The number of para-hydroxylation sites is 1. The maximum absolute atomic E-state index is 4.99. The van der Waals surface area contributed by atoms with Crippen molar-refractivity contribution in [3.05, 3.63) is 162 Å². The summed E-state index contributed by atoms with van der Waals surface area (Å²) < 4.78 is 0. The van der Waals surface area contributed by atoms with Gasteiger partial charge < -0.3 is 5.32 Å². The van der Waals surface area contributed by atoms with Gasteiger partial charge in [0.1, 0.15) is 0 Å². The molecule has 0 saturated carbocycles. The summed E-state index contributed by atoms with van der Waals surface area (Å²) in [6.07, 6.45) is 6.36. The van der Waals surface area contributed by atoms with Gasteiger partial charge in [-0.3, -0.25) is 4.99 Å². The van der Waals surface area contributed by atoms with Crippen LogP contribution in [0.25, 0.3) is 77.9 Å². The molecular formula is C46H32N6. The molecular weight excluding hydrogens is 637 g/mol. The number of aliphatic imine (C=N–C) groups is 1. The Bertz CT molecular complexity index is 2850. The molecule has 2 aromatic heterocycles. The van der Waals surface area contributed by atoms with Crippen LogP contribution in [0, 0.1) is 0 Å². The summed E-state index contributed by atoms with van der Waals surface area (Å²) in [6.45, 7) is 4.04. The third-order valence-electron chi connectivity index (χ3n) is 10.2. The van der Waals surface area contributed by atoms with Crippen LogP contribution >= 0.6 is 0 Å². The average Bonchev–Trinajstić information content (AvgIpc) is 3.69. The van der Waals surface area contributed by atoms with E-state index in [2.05, 4.69) is 89.7 Å². The van der Waals surface area contributed by atoms with Gasteiger partial charge in [0, 0.05) is 46.6 Å². The molecule has 0 fully saturated rings. The van der Waals surface area contributed by atoms with Gasteiger partial charge in [0.05, 0.1) is 50.5 Å². The lowest BCUT2D eigenvalue weighted by Crippen LogP contribution is -2.03. The Balaban J connectivity index is 0.000000132. The Hall–Kier alpha value is -6.79. The van der Waals surface area contributed by atoms with E-state index >= 15 is 0 Å². The molecule has 0 atom stereocenters. The monoisotopic (exact) mass is 668 g/mol. The fourth-order valence-corrected chi connectivity index (χ4v) is 7.70. The van der Waals surface area contributed by atoms with E-state index in [1.54, 1.807) is 0 Å². The maximum atomic E-state index is 4.99. The first-order chi connectivity index (χ1) is 25.6. The van der Waals surface area contributed by atoms with Crippen molar-refractivity contribution < 1.29 is 0 Å². The van der Waals surface area contributed by atoms with Crippen LogP contribution in [0.4, 0.5) is 5.69 Å². The van der Waals surface area contributed by atoms with Gasteiger partial charge in [0.2, 0.25) is 0 Å². The molecule has 0 unspecified atom stereocenters. The van der Waals surface area contributed by atoms with Gasteiger partial charge in [-0.05, 0) is 76.9 Å². The Morgan fingerprint density at radius 2 is 1.31 bits per heavy atom. The van der Waals surface area contributed by atoms with Crippen molar-refractivity contribution in [3.8, 4) is 33.8 Å². The van der Waals surface area contributed by atoms with Crippen LogP contribution in [0.1, 0.15) is 34.4 Å². The molecule has 3 aliphatic rings. The lowest BCUT2D eigenvalue weighted by molar-refractivity contribution is 0.980. The van der Waals surface area contributed by atoms with E-state index in [-0.39, 0.29) is 0 Å². The Morgan fingerprint density at radius 1 is 0.654 bits per heavy atom. The molecule has 3 aliphatic carbocycles. The molecule has 0 spiro atoms. The van der Waals surface area contributed by atoms with Gasteiger partial charge >= 0.3 is 0 Å². The van der Waals surface area contributed by atoms with E-state index in [1.165, 1.54) is 44.2 Å². The van der Waals surface area contributed by atoms with Gasteiger partial charge in [-0.2, -0.15) is 0 Å². The van der Waals surface area contributed by atoms with Crippen LogP contribution in [0.5, 0.6) is 0 Å². The van der Waals surface area contributed by atoms with Gasteiger partial charge in [-0.15, -0.1) is 0 Å². The van der Waals surface area contributed by atoms with Gasteiger partial charge in [-0.1, -0.05) is 97.6 Å². The van der Waals surface area contributed by atoms with E-state index in [4.69, 9.17) is 19.9 Å². The highest BCUT2D eigenvalue weighted by molar-refractivity contribution is 6.14. The number of fused-ring (bicyclic) bond motifs is 8. The lowest BCUT2D eigenvalue weighted by atomic mass is 9.91. The Morgan fingerprint density at radius 3 is 2.08 bits per heavy atom. The van der Waals surface area contributed by atoms with E-state index < -0.39 is 0 Å². The zero-order valence-corrected chi connectivity index (χ0v) is 28.6. The fraction of sp³-hybridized carbons (Fsp3) is 0.0652. The minimum Gasteiger partial charge on any atom is -0.388 e. The van der Waals surface area contributed by atoms with Crippen molar-refractivity contribution in [2.24, 2.45) is 4.99 Å². The first-order valence-electron chi connectivity index (χ1n) is 17.6. The molecule has 6 aromatic carbocycles. The second kappa shape index (κ2) is 11.9. The smallest absolute Gasteiger partial charge is 0.0979 e. The standard InChI is InChI=1S/C25H15N3.C21H17N3/c1-2-8-18(9-3-1)26-15-16-12-13-21-22(14-16)28-25-20-11-5-7-17-6-4-10-19(23(17)20)24(25)27-21;1-12(22-2)14-9-10-17-18(11-14)24-21-16-8-4-6-13-5-3-7-15(19(13)16)20(21)23-17/h1-15H;3,5,7-11,22H,1,4,6H2,2H3. The number of hydrogen-bond acceptors (Lipinski definition) is 6. The first kappa shape index (κ1) is 30.1. The molecule has 0 aliphatic heterocycles. The van der Waals surface area contributed by atoms with Crippen LogP contribution in [-0.4, -0.2) is 33.2 Å². The van der Waals surface area contributed by atoms with Crippen molar-refractivity contribution in [1.29, 1.82) is 0 Å². The molecule has 6 nitrogen and oxygen atoms in total. The second-order valence-corrected chi connectivity index (χ2v) is 13.3. The molecule has 6 heteroatoms. The highest BCUT2D eigenvalue weighted by Gasteiger charge is 2.30. The zero-order valence-electron chi connectivity index (χ0n) is 28.6. The first-order valence-corrected chi connectivity index (χ1v) is 17.6. The number of aromatic nitrogens is 4. The number of benzene rings is 6. The SMILES string of the molecule is C(=Nc1ccccc1)c1ccc2nc3c(nc2c1)-c1cccc2cccc-3c12.C=C(NC)c1ccc2nc3c(nc2c1)C1=CCCc2cccc-3c21. The van der Waals surface area contributed by atoms with E-state index in [9.17, 15) is 0 Å². The number of aryl methyl sites for hydroxylation is 1. The summed E-state index contributed by atoms with van der Waals surface area (Å²) in [5, 5.41) is 5.58. The predicted octanol–water partition coefficient (Wildman–Crippen LogP) is 10.4. The number of nitrogens with one attached hydrogen (secondary N) is 1. The summed E-state index contributed by atoms with van der Waals surface area (Å²) in [5.41, 5.74) is 19.1. The van der Waals surface area contributed by atoms with Gasteiger partial charge in [0.25, 0.3) is 0 Å². The van der Waals surface area contributed by atoms with E-state index in [0.29, 0.717) is 0 Å². The predicted molar refractivity (Wildman–Crippen MR) is 214 cm³/mol. The van der Waals surface area contributed by atoms with Gasteiger partial charge in [-0.25, -0.2) is 19.9 Å². The number of rotatable bonds is 4. The zero-order chi connectivity index (χ0) is 34.8. The summed E-state index contributed by atoms with van der Waals surface area (Å²) in [5.74, 6) is 0. The van der Waals surface area contributed by atoms with Crippen molar-refractivity contribution in [2.75, 3.05) is 7.05 Å². The molecule has 0 amide bonds. The lowest BCUT2D eigenvalue weighted by Gasteiger charge is -2.13. The van der Waals surface area contributed by atoms with Crippen LogP contribution < -0.4 is 5.32 Å². The van der Waals surface area contributed by atoms with Gasteiger partial charge in [0.15, 0.2) is 0 Å². The van der Waals surface area contributed by atoms with Crippen LogP contribution in [0.3, 0.4) is 0 Å². The van der Waals surface area contributed by atoms with Crippen molar-refractivity contribution in [2.45, 2.75) is 12.8 Å². The Kier molecular flexibility index (Phi) is 6.89. The molecule has 0 bridgehead atoms. The second-order valence-electron chi connectivity index (χ2n) is 13.3. The molecule has 8 aromatic rings. The normalized spacial score (nSPS) is 13.1. The molecule has 246 valence electrons. The van der Waals surface area contributed by atoms with Crippen LogP contribution in [0.15, 0.2) is 139 Å². The largest absolute Gasteiger partial charge is 0.388 e.